The molecule has 0 saturated heterocycles. The second-order valence-electron chi connectivity index (χ2n) is 7.06. The molecule has 0 bridgehead atoms. The molecule has 3 aromatic rings. The van der Waals surface area contributed by atoms with Crippen LogP contribution in [0.1, 0.15) is 31.2 Å². The van der Waals surface area contributed by atoms with Gasteiger partial charge < -0.3 is 13.7 Å². The van der Waals surface area contributed by atoms with Gasteiger partial charge in [0.1, 0.15) is 5.54 Å². The number of aromatic nitrogens is 2. The molecule has 0 N–H and O–H groups in total. The molecule has 1 aliphatic rings. The maximum atomic E-state index is 13.1. The minimum Gasteiger partial charge on any atom is -0.459 e. The second kappa shape index (κ2) is 8.65. The van der Waals surface area contributed by atoms with E-state index in [9.17, 15) is 9.59 Å². The van der Waals surface area contributed by atoms with E-state index in [0.717, 1.165) is 24.6 Å². The van der Waals surface area contributed by atoms with Gasteiger partial charge in [0.25, 0.3) is 11.1 Å². The Morgan fingerprint density at radius 3 is 2.80 bits per heavy atom. The number of hydrogen-bond acceptors (Lipinski definition) is 7. The van der Waals surface area contributed by atoms with E-state index in [1.165, 1.54) is 11.2 Å². The lowest BCUT2D eigenvalue weighted by Crippen LogP contribution is -2.54. The van der Waals surface area contributed by atoms with E-state index < -0.39 is 5.54 Å². The first kappa shape index (κ1) is 20.7. The van der Waals surface area contributed by atoms with E-state index in [1.54, 1.807) is 25.2 Å². The Morgan fingerprint density at radius 2 is 2.07 bits per heavy atom. The summed E-state index contributed by atoms with van der Waals surface area (Å²) in [6.07, 6.45) is 4.15. The third kappa shape index (κ3) is 3.77. The zero-order valence-corrected chi connectivity index (χ0v) is 17.9. The number of carbonyl (C=O) groups is 2. The molecule has 30 heavy (non-hydrogen) atoms. The lowest BCUT2D eigenvalue weighted by atomic mass is 9.74. The van der Waals surface area contributed by atoms with Crippen LogP contribution in [0.25, 0.3) is 11.7 Å². The van der Waals surface area contributed by atoms with Crippen LogP contribution in [-0.4, -0.2) is 39.6 Å². The van der Waals surface area contributed by atoms with Crippen molar-refractivity contribution in [1.82, 2.24) is 15.1 Å². The molecule has 2 aromatic heterocycles. The number of likely N-dealkylation sites (N-methyl/N-ethyl adjacent to an activating group) is 1. The fourth-order valence-electron chi connectivity index (χ4n) is 3.83. The zero-order chi connectivity index (χ0) is 21.1. The third-order valence-corrected chi connectivity index (χ3v) is 6.51. The molecule has 1 aliphatic carbocycles. The highest BCUT2D eigenvalue weighted by atomic mass is 35.5. The number of furan rings is 1. The fraction of sp³-hybridized carbons (Fsp3) is 0.333. The number of ketones is 1. The van der Waals surface area contributed by atoms with Crippen LogP contribution < -0.4 is 0 Å². The largest absolute Gasteiger partial charge is 0.459 e. The molecule has 2 heterocycles. The summed E-state index contributed by atoms with van der Waals surface area (Å²) in [5.41, 5.74) is -0.377. The van der Waals surface area contributed by atoms with E-state index in [0.29, 0.717) is 29.2 Å². The van der Waals surface area contributed by atoms with Crippen LogP contribution in [0.5, 0.6) is 0 Å². The number of halogens is 1. The van der Waals surface area contributed by atoms with Gasteiger partial charge in [-0.25, -0.2) is 0 Å². The van der Waals surface area contributed by atoms with Crippen molar-refractivity contribution in [1.29, 1.82) is 0 Å². The third-order valence-electron chi connectivity index (χ3n) is 5.38. The van der Waals surface area contributed by atoms with E-state index in [4.69, 9.17) is 20.4 Å². The van der Waals surface area contributed by atoms with Gasteiger partial charge in [-0.15, -0.1) is 10.2 Å². The number of nitrogens with zero attached hydrogens (tertiary/aromatic N) is 3. The predicted molar refractivity (Wildman–Crippen MR) is 112 cm³/mol. The highest BCUT2D eigenvalue weighted by Gasteiger charge is 2.47. The second-order valence-corrected chi connectivity index (χ2v) is 8.40. The standard InChI is InChI=1S/C21H20ClN3O4S/c1-25(18(27)13-30-20-24-23-19(29-20)16-9-6-12-28-16)21(11-5-4-10-17(21)26)14-7-2-3-8-15(14)22/h2-3,6-9,12H,4-5,10-11,13H2,1H3. The Hall–Kier alpha value is -2.58. The van der Waals surface area contributed by atoms with Gasteiger partial charge in [0.15, 0.2) is 11.5 Å². The normalized spacial score (nSPS) is 19.1. The smallest absolute Gasteiger partial charge is 0.284 e. The lowest BCUT2D eigenvalue weighted by Gasteiger charge is -2.44. The number of hydrogen-bond donors (Lipinski definition) is 0. The molecule has 4 rings (SSSR count). The van der Waals surface area contributed by atoms with Crippen LogP contribution in [0.3, 0.4) is 0 Å². The molecule has 1 saturated carbocycles. The summed E-state index contributed by atoms with van der Waals surface area (Å²) >= 11 is 7.57. The average molecular weight is 446 g/mol. The van der Waals surface area contributed by atoms with E-state index in [2.05, 4.69) is 10.2 Å². The molecule has 1 atom stereocenters. The van der Waals surface area contributed by atoms with E-state index in [-0.39, 0.29) is 28.6 Å². The van der Waals surface area contributed by atoms with Gasteiger partial charge in [-0.1, -0.05) is 41.6 Å². The maximum Gasteiger partial charge on any atom is 0.284 e. The zero-order valence-electron chi connectivity index (χ0n) is 16.3. The van der Waals surface area contributed by atoms with Crippen LogP contribution in [0.4, 0.5) is 0 Å². The first-order valence-electron chi connectivity index (χ1n) is 9.57. The monoisotopic (exact) mass is 445 g/mol. The van der Waals surface area contributed by atoms with Crippen molar-refractivity contribution in [2.24, 2.45) is 0 Å². The van der Waals surface area contributed by atoms with Gasteiger partial charge in [0.05, 0.1) is 12.0 Å². The topological polar surface area (TPSA) is 89.4 Å². The molecule has 0 aliphatic heterocycles. The maximum absolute atomic E-state index is 13.1. The van der Waals surface area contributed by atoms with E-state index >= 15 is 0 Å². The van der Waals surface area contributed by atoms with Crippen molar-refractivity contribution >= 4 is 35.1 Å². The SMILES string of the molecule is CN(C(=O)CSc1nnc(-c2ccco2)o1)C1(c2ccccc2Cl)CCCCC1=O. The Morgan fingerprint density at radius 1 is 1.23 bits per heavy atom. The van der Waals surface area contributed by atoms with Crippen molar-refractivity contribution < 1.29 is 18.4 Å². The van der Waals surface area contributed by atoms with Crippen molar-refractivity contribution in [3.8, 4) is 11.7 Å². The van der Waals surface area contributed by atoms with Crippen molar-refractivity contribution in [3.63, 3.8) is 0 Å². The molecule has 0 spiro atoms. The summed E-state index contributed by atoms with van der Waals surface area (Å²) in [5, 5.41) is 8.62. The minimum absolute atomic E-state index is 0.0144. The Balaban J connectivity index is 1.53. The van der Waals surface area contributed by atoms with Crippen LogP contribution >= 0.6 is 23.4 Å². The van der Waals surface area contributed by atoms with Gasteiger partial charge in [0.2, 0.25) is 5.91 Å². The molecular formula is C21H20ClN3O4S. The summed E-state index contributed by atoms with van der Waals surface area (Å²) in [6.45, 7) is 0. The number of rotatable bonds is 6. The van der Waals surface area contributed by atoms with Gasteiger partial charge in [-0.2, -0.15) is 0 Å². The van der Waals surface area contributed by atoms with Gasteiger partial charge in [-0.05, 0) is 37.5 Å². The quantitative estimate of drug-likeness (QED) is 0.513. The van der Waals surface area contributed by atoms with Crippen molar-refractivity contribution in [2.45, 2.75) is 36.4 Å². The van der Waals surface area contributed by atoms with E-state index in [1.807, 2.05) is 18.2 Å². The average Bonchev–Trinajstić information content (AvgIpc) is 3.44. The summed E-state index contributed by atoms with van der Waals surface area (Å²) in [4.78, 5) is 27.7. The Kier molecular flexibility index (Phi) is 5.97. The van der Waals surface area contributed by atoms with Crippen molar-refractivity contribution in [3.05, 3.63) is 53.2 Å². The van der Waals surface area contributed by atoms with Crippen LogP contribution in [0.2, 0.25) is 5.02 Å². The number of amides is 1. The molecule has 0 radical (unpaired) electrons. The molecule has 9 heteroatoms. The molecule has 7 nitrogen and oxygen atoms in total. The number of benzene rings is 1. The molecule has 1 aromatic carbocycles. The first-order valence-corrected chi connectivity index (χ1v) is 10.9. The minimum atomic E-state index is -1.05. The highest BCUT2D eigenvalue weighted by Crippen LogP contribution is 2.42. The number of Topliss-reactive ketones (excluding diaryl/α,β-unsaturated/α-hetero) is 1. The van der Waals surface area contributed by atoms with Crippen LogP contribution in [0, 0.1) is 0 Å². The molecule has 1 amide bonds. The lowest BCUT2D eigenvalue weighted by molar-refractivity contribution is -0.146. The van der Waals surface area contributed by atoms with Crippen LogP contribution in [0.15, 0.2) is 56.7 Å². The predicted octanol–water partition coefficient (Wildman–Crippen LogP) is 4.57. The van der Waals surface area contributed by atoms with Gasteiger partial charge >= 0.3 is 0 Å². The summed E-state index contributed by atoms with van der Waals surface area (Å²) in [7, 11) is 1.66. The molecule has 156 valence electrons. The number of thioether (sulfide) groups is 1. The van der Waals surface area contributed by atoms with Gasteiger partial charge in [0, 0.05) is 24.1 Å². The van der Waals surface area contributed by atoms with Gasteiger partial charge in [-0.3, -0.25) is 9.59 Å². The Labute approximate surface area is 182 Å². The van der Waals surface area contributed by atoms with Crippen molar-refractivity contribution in [2.75, 3.05) is 12.8 Å². The summed E-state index contributed by atoms with van der Waals surface area (Å²) in [5.74, 6) is 0.561. The molecule has 1 fully saturated rings. The molecule has 1 unspecified atom stereocenters. The summed E-state index contributed by atoms with van der Waals surface area (Å²) in [6, 6.07) is 10.7. The Bertz CT molecular complexity index is 1050. The first-order chi connectivity index (χ1) is 14.5. The fourth-order valence-corrected chi connectivity index (χ4v) is 4.80. The van der Waals surface area contributed by atoms with Crippen LogP contribution in [-0.2, 0) is 15.1 Å². The molecular weight excluding hydrogens is 426 g/mol. The number of carbonyl (C=O) groups excluding carboxylic acids is 2. The summed E-state index contributed by atoms with van der Waals surface area (Å²) < 4.78 is 10.8. The highest BCUT2D eigenvalue weighted by molar-refractivity contribution is 7.99.